The molecule has 1 fully saturated rings. The van der Waals surface area contributed by atoms with Crippen molar-refractivity contribution in [1.82, 2.24) is 5.32 Å². The van der Waals surface area contributed by atoms with E-state index in [1.807, 2.05) is 13.8 Å². The first-order valence-corrected chi connectivity index (χ1v) is 9.64. The van der Waals surface area contributed by atoms with Gasteiger partial charge in [-0.15, -0.1) is 0 Å². The molecule has 1 aromatic rings. The lowest BCUT2D eigenvalue weighted by Gasteiger charge is -2.27. The summed E-state index contributed by atoms with van der Waals surface area (Å²) in [4.78, 5) is 37.0. The summed E-state index contributed by atoms with van der Waals surface area (Å²) in [5.41, 5.74) is -0.157. The Kier molecular flexibility index (Phi) is 7.54. The van der Waals surface area contributed by atoms with E-state index in [0.717, 1.165) is 12.8 Å². The zero-order valence-corrected chi connectivity index (χ0v) is 16.6. The van der Waals surface area contributed by atoms with Crippen LogP contribution in [-0.4, -0.2) is 37.6 Å². The number of carbonyl (C=O) groups is 3. The largest absolute Gasteiger partial charge is 0.467 e. The van der Waals surface area contributed by atoms with Gasteiger partial charge in [-0.25, -0.2) is 9.18 Å². The van der Waals surface area contributed by atoms with Gasteiger partial charge in [-0.2, -0.15) is 0 Å². The summed E-state index contributed by atoms with van der Waals surface area (Å²) in [6, 6.07) is 5.04. The van der Waals surface area contributed by atoms with Crippen LogP contribution in [0.15, 0.2) is 24.3 Å². The lowest BCUT2D eigenvalue weighted by atomic mass is 9.79. The number of rotatable bonds is 8. The first-order chi connectivity index (χ1) is 13.3. The van der Waals surface area contributed by atoms with Crippen LogP contribution >= 0.6 is 0 Å². The summed E-state index contributed by atoms with van der Waals surface area (Å²) < 4.78 is 23.3. The molecule has 1 amide bonds. The number of halogens is 1. The molecule has 0 saturated heterocycles. The Morgan fingerprint density at radius 2 is 1.79 bits per heavy atom. The molecule has 0 unspecified atom stereocenters. The third-order valence-corrected chi connectivity index (χ3v) is 5.56. The average Bonchev–Trinajstić information content (AvgIpc) is 3.20. The molecule has 7 heteroatoms. The number of methoxy groups -OCH3 is 1. The summed E-state index contributed by atoms with van der Waals surface area (Å²) in [5.74, 6) is -2.08. The van der Waals surface area contributed by atoms with Crippen LogP contribution in [0.2, 0.25) is 0 Å². The molecule has 0 radical (unpaired) electrons. The second-order valence-corrected chi connectivity index (χ2v) is 7.33. The van der Waals surface area contributed by atoms with Gasteiger partial charge < -0.3 is 14.8 Å². The van der Waals surface area contributed by atoms with Gasteiger partial charge in [0.25, 0.3) is 5.91 Å². The Morgan fingerprint density at radius 3 is 2.32 bits per heavy atom. The molecule has 1 aliphatic carbocycles. The van der Waals surface area contributed by atoms with E-state index in [4.69, 9.17) is 9.47 Å². The molecule has 1 saturated carbocycles. The second-order valence-electron chi connectivity index (χ2n) is 7.33. The minimum absolute atomic E-state index is 0.118. The maximum atomic E-state index is 13.3. The summed E-state index contributed by atoms with van der Waals surface area (Å²) in [7, 11) is 1.26. The highest BCUT2D eigenvalue weighted by molar-refractivity contribution is 5.88. The van der Waals surface area contributed by atoms with Crippen molar-refractivity contribution in [3.05, 3.63) is 35.6 Å². The number of hydrogen-bond acceptors (Lipinski definition) is 5. The molecule has 0 heterocycles. The quantitative estimate of drug-likeness (QED) is 0.687. The number of amides is 1. The molecule has 0 spiro atoms. The molecular weight excluding hydrogens is 365 g/mol. The highest BCUT2D eigenvalue weighted by atomic mass is 19.1. The predicted molar refractivity (Wildman–Crippen MR) is 101 cm³/mol. The van der Waals surface area contributed by atoms with Gasteiger partial charge in [0, 0.05) is 0 Å². The standard InChI is InChI=1S/C21H28FNO5/c1-4-14(2)18(19(25)27-3)23-17(24)13-28-20(26)21(11-5-6-12-21)15-7-9-16(22)10-8-15/h7-10,14,18H,4-6,11-13H2,1-3H3,(H,23,24)/t14-,18+/m0/s1. The Hall–Kier alpha value is -2.44. The van der Waals surface area contributed by atoms with Gasteiger partial charge in [0.15, 0.2) is 6.61 Å². The fourth-order valence-electron chi connectivity index (χ4n) is 3.64. The molecule has 1 aliphatic rings. The van der Waals surface area contributed by atoms with Gasteiger partial charge in [0.05, 0.1) is 12.5 Å². The topological polar surface area (TPSA) is 81.7 Å². The van der Waals surface area contributed by atoms with Crippen LogP contribution < -0.4 is 5.32 Å². The van der Waals surface area contributed by atoms with Gasteiger partial charge in [-0.1, -0.05) is 45.2 Å². The maximum absolute atomic E-state index is 13.3. The Balaban J connectivity index is 2.03. The van der Waals surface area contributed by atoms with Crippen molar-refractivity contribution in [3.63, 3.8) is 0 Å². The van der Waals surface area contributed by atoms with Crippen LogP contribution in [0, 0.1) is 11.7 Å². The smallest absolute Gasteiger partial charge is 0.328 e. The predicted octanol–water partition coefficient (Wildman–Crippen LogP) is 2.88. The molecule has 0 aromatic heterocycles. The molecule has 154 valence electrons. The van der Waals surface area contributed by atoms with E-state index >= 15 is 0 Å². The van der Waals surface area contributed by atoms with Crippen LogP contribution in [0.1, 0.15) is 51.5 Å². The fourth-order valence-corrected chi connectivity index (χ4v) is 3.64. The molecule has 1 aromatic carbocycles. The Labute approximate surface area is 164 Å². The number of esters is 2. The van der Waals surface area contributed by atoms with Crippen LogP contribution in [0.4, 0.5) is 4.39 Å². The highest BCUT2D eigenvalue weighted by Crippen LogP contribution is 2.42. The van der Waals surface area contributed by atoms with Crippen molar-refractivity contribution in [3.8, 4) is 0 Å². The van der Waals surface area contributed by atoms with E-state index < -0.39 is 35.9 Å². The van der Waals surface area contributed by atoms with Crippen LogP contribution in [0.25, 0.3) is 0 Å². The first kappa shape index (κ1) is 21.9. The number of nitrogens with one attached hydrogen (secondary N) is 1. The van der Waals surface area contributed by atoms with E-state index in [0.29, 0.717) is 24.8 Å². The third-order valence-electron chi connectivity index (χ3n) is 5.56. The summed E-state index contributed by atoms with van der Waals surface area (Å²) in [6.07, 6.45) is 3.58. The second kappa shape index (κ2) is 9.66. The molecule has 1 N–H and O–H groups in total. The fraction of sp³-hybridized carbons (Fsp3) is 0.571. The van der Waals surface area contributed by atoms with E-state index in [1.165, 1.54) is 19.2 Å². The van der Waals surface area contributed by atoms with Crippen LogP contribution in [0.5, 0.6) is 0 Å². The average molecular weight is 393 g/mol. The van der Waals surface area contributed by atoms with Gasteiger partial charge in [0.1, 0.15) is 11.9 Å². The minimum atomic E-state index is -0.855. The Morgan fingerprint density at radius 1 is 1.18 bits per heavy atom. The van der Waals surface area contributed by atoms with E-state index in [2.05, 4.69) is 5.32 Å². The Bertz CT molecular complexity index is 697. The molecule has 2 atom stereocenters. The number of ether oxygens (including phenoxy) is 2. The first-order valence-electron chi connectivity index (χ1n) is 9.64. The van der Waals surface area contributed by atoms with Crippen molar-refractivity contribution in [2.45, 2.75) is 57.4 Å². The SMILES string of the molecule is CC[C@H](C)[C@@H](NC(=O)COC(=O)C1(c2ccc(F)cc2)CCCC1)C(=O)OC. The van der Waals surface area contributed by atoms with Crippen molar-refractivity contribution < 1.29 is 28.2 Å². The van der Waals surface area contributed by atoms with Crippen molar-refractivity contribution in [2.24, 2.45) is 5.92 Å². The highest BCUT2D eigenvalue weighted by Gasteiger charge is 2.44. The normalized spacial score (nSPS) is 17.4. The minimum Gasteiger partial charge on any atom is -0.467 e. The van der Waals surface area contributed by atoms with Crippen LogP contribution in [0.3, 0.4) is 0 Å². The molecule has 28 heavy (non-hydrogen) atoms. The van der Waals surface area contributed by atoms with Crippen molar-refractivity contribution in [2.75, 3.05) is 13.7 Å². The van der Waals surface area contributed by atoms with E-state index in [9.17, 15) is 18.8 Å². The molecule has 6 nitrogen and oxygen atoms in total. The molecule has 2 rings (SSSR count). The third kappa shape index (κ3) is 4.88. The zero-order valence-electron chi connectivity index (χ0n) is 16.6. The van der Waals surface area contributed by atoms with E-state index in [1.54, 1.807) is 12.1 Å². The summed E-state index contributed by atoms with van der Waals surface area (Å²) in [5, 5.41) is 2.58. The van der Waals surface area contributed by atoms with Gasteiger partial charge >= 0.3 is 11.9 Å². The van der Waals surface area contributed by atoms with Crippen molar-refractivity contribution >= 4 is 17.8 Å². The van der Waals surface area contributed by atoms with Crippen molar-refractivity contribution in [1.29, 1.82) is 0 Å². The van der Waals surface area contributed by atoms with Gasteiger partial charge in [0.2, 0.25) is 0 Å². The monoisotopic (exact) mass is 393 g/mol. The molecule has 0 bridgehead atoms. The molecular formula is C21H28FNO5. The van der Waals surface area contributed by atoms with Gasteiger partial charge in [-0.05, 0) is 36.5 Å². The maximum Gasteiger partial charge on any atom is 0.328 e. The summed E-state index contributed by atoms with van der Waals surface area (Å²) >= 11 is 0. The number of benzene rings is 1. The number of hydrogen-bond donors (Lipinski definition) is 1. The number of carbonyl (C=O) groups excluding carboxylic acids is 3. The van der Waals surface area contributed by atoms with Gasteiger partial charge in [-0.3, -0.25) is 9.59 Å². The summed E-state index contributed by atoms with van der Waals surface area (Å²) in [6.45, 7) is 3.25. The molecule has 0 aliphatic heterocycles. The zero-order chi connectivity index (χ0) is 20.7. The lowest BCUT2D eigenvalue weighted by Crippen LogP contribution is -2.47. The van der Waals surface area contributed by atoms with E-state index in [-0.39, 0.29) is 11.7 Å². The van der Waals surface area contributed by atoms with Crippen LogP contribution in [-0.2, 0) is 29.3 Å². The lowest BCUT2D eigenvalue weighted by molar-refractivity contribution is -0.155.